The largest absolute Gasteiger partial charge is 0.382 e. The van der Waals surface area contributed by atoms with E-state index in [4.69, 9.17) is 0 Å². The molecule has 1 atom stereocenters. The van der Waals surface area contributed by atoms with Crippen LogP contribution in [0.5, 0.6) is 0 Å². The van der Waals surface area contributed by atoms with Crippen LogP contribution in [-0.4, -0.2) is 15.1 Å². The van der Waals surface area contributed by atoms with E-state index in [0.29, 0.717) is 5.69 Å². The minimum absolute atomic E-state index is 0.660. The van der Waals surface area contributed by atoms with Crippen molar-refractivity contribution in [3.05, 3.63) is 59.2 Å². The average molecular weight is 214 g/mol. The second-order valence-electron chi connectivity index (χ2n) is 3.96. The molecule has 0 fully saturated rings. The molecule has 2 rings (SSSR count). The van der Waals surface area contributed by atoms with Crippen LogP contribution in [0.15, 0.2) is 36.8 Å². The molecule has 0 aliphatic rings. The van der Waals surface area contributed by atoms with Gasteiger partial charge in [0.25, 0.3) is 0 Å². The van der Waals surface area contributed by atoms with Gasteiger partial charge in [0.05, 0.1) is 5.69 Å². The van der Waals surface area contributed by atoms with Gasteiger partial charge in [0.1, 0.15) is 6.10 Å². The number of pyridine rings is 2. The SMILES string of the molecule is Cc1cncc(C(O)c2cc(C)ccn2)c1. The lowest BCUT2D eigenvalue weighted by molar-refractivity contribution is 0.214. The maximum absolute atomic E-state index is 10.1. The first kappa shape index (κ1) is 10.8. The van der Waals surface area contributed by atoms with Gasteiger partial charge in [-0.2, -0.15) is 0 Å². The number of aromatic nitrogens is 2. The number of hydrogen-bond acceptors (Lipinski definition) is 3. The summed E-state index contributed by atoms with van der Waals surface area (Å²) in [5.74, 6) is 0. The van der Waals surface area contributed by atoms with Crippen LogP contribution >= 0.6 is 0 Å². The van der Waals surface area contributed by atoms with Gasteiger partial charge in [-0.3, -0.25) is 9.97 Å². The first-order chi connectivity index (χ1) is 7.66. The van der Waals surface area contributed by atoms with Crippen molar-refractivity contribution in [2.75, 3.05) is 0 Å². The van der Waals surface area contributed by atoms with Crippen molar-refractivity contribution in [1.82, 2.24) is 9.97 Å². The van der Waals surface area contributed by atoms with E-state index in [1.807, 2.05) is 32.0 Å². The Labute approximate surface area is 94.8 Å². The second kappa shape index (κ2) is 4.41. The fourth-order valence-corrected chi connectivity index (χ4v) is 1.61. The van der Waals surface area contributed by atoms with E-state index in [-0.39, 0.29) is 0 Å². The highest BCUT2D eigenvalue weighted by Crippen LogP contribution is 2.20. The molecule has 0 radical (unpaired) electrons. The van der Waals surface area contributed by atoms with Gasteiger partial charge >= 0.3 is 0 Å². The van der Waals surface area contributed by atoms with Crippen molar-refractivity contribution in [3.8, 4) is 0 Å². The van der Waals surface area contributed by atoms with E-state index in [9.17, 15) is 5.11 Å². The summed E-state index contributed by atoms with van der Waals surface area (Å²) in [4.78, 5) is 8.23. The van der Waals surface area contributed by atoms with Gasteiger partial charge in [-0.15, -0.1) is 0 Å². The van der Waals surface area contributed by atoms with Crippen molar-refractivity contribution >= 4 is 0 Å². The van der Waals surface area contributed by atoms with E-state index < -0.39 is 6.10 Å². The lowest BCUT2D eigenvalue weighted by Crippen LogP contribution is -2.03. The monoisotopic (exact) mass is 214 g/mol. The van der Waals surface area contributed by atoms with Crippen LogP contribution in [0, 0.1) is 13.8 Å². The van der Waals surface area contributed by atoms with Crippen LogP contribution in [0.2, 0.25) is 0 Å². The topological polar surface area (TPSA) is 46.0 Å². The van der Waals surface area contributed by atoms with Gasteiger partial charge in [0.2, 0.25) is 0 Å². The van der Waals surface area contributed by atoms with Gasteiger partial charge in [-0.1, -0.05) is 6.07 Å². The third-order valence-electron chi connectivity index (χ3n) is 2.43. The number of nitrogens with zero attached hydrogens (tertiary/aromatic N) is 2. The summed E-state index contributed by atoms with van der Waals surface area (Å²) in [6, 6.07) is 5.71. The fraction of sp³-hybridized carbons (Fsp3) is 0.231. The maximum atomic E-state index is 10.1. The minimum atomic E-state index is -0.702. The molecule has 82 valence electrons. The van der Waals surface area contributed by atoms with Crippen LogP contribution < -0.4 is 0 Å². The molecule has 0 amide bonds. The molecule has 0 aliphatic heterocycles. The number of hydrogen-bond donors (Lipinski definition) is 1. The average Bonchev–Trinajstić information content (AvgIpc) is 2.28. The Morgan fingerprint density at radius 3 is 2.62 bits per heavy atom. The van der Waals surface area contributed by atoms with Gasteiger partial charge < -0.3 is 5.11 Å². The predicted molar refractivity (Wildman–Crippen MR) is 62.0 cm³/mol. The summed E-state index contributed by atoms with van der Waals surface area (Å²) in [5.41, 5.74) is 3.55. The van der Waals surface area contributed by atoms with Crippen LogP contribution in [0.3, 0.4) is 0 Å². The highest BCUT2D eigenvalue weighted by Gasteiger charge is 2.12. The molecule has 0 aliphatic carbocycles. The van der Waals surface area contributed by atoms with E-state index in [2.05, 4.69) is 9.97 Å². The molecule has 3 nitrogen and oxygen atoms in total. The van der Waals surface area contributed by atoms with Crippen molar-refractivity contribution in [3.63, 3.8) is 0 Å². The summed E-state index contributed by atoms with van der Waals surface area (Å²) in [6.45, 7) is 3.93. The molecular formula is C13H14N2O. The zero-order chi connectivity index (χ0) is 11.5. The van der Waals surface area contributed by atoms with Crippen molar-refractivity contribution in [2.24, 2.45) is 0 Å². The summed E-state index contributed by atoms with van der Waals surface area (Å²) >= 11 is 0. The molecule has 2 aromatic rings. The van der Waals surface area contributed by atoms with Gasteiger partial charge in [-0.25, -0.2) is 0 Å². The molecule has 0 spiro atoms. The van der Waals surface area contributed by atoms with Crippen LogP contribution in [0.25, 0.3) is 0 Å². The van der Waals surface area contributed by atoms with E-state index in [1.54, 1.807) is 18.6 Å². The molecule has 1 N–H and O–H groups in total. The van der Waals surface area contributed by atoms with Gasteiger partial charge in [-0.05, 0) is 37.1 Å². The molecule has 1 unspecified atom stereocenters. The molecule has 16 heavy (non-hydrogen) atoms. The molecule has 0 bridgehead atoms. The van der Waals surface area contributed by atoms with Crippen molar-refractivity contribution in [1.29, 1.82) is 0 Å². The molecule has 0 saturated heterocycles. The third kappa shape index (κ3) is 2.25. The highest BCUT2D eigenvalue weighted by molar-refractivity contribution is 5.27. The first-order valence-electron chi connectivity index (χ1n) is 5.19. The quantitative estimate of drug-likeness (QED) is 0.833. The molecule has 2 heterocycles. The number of rotatable bonds is 2. The lowest BCUT2D eigenvalue weighted by Gasteiger charge is -2.10. The molecule has 3 heteroatoms. The summed E-state index contributed by atoms with van der Waals surface area (Å²) in [6.07, 6.45) is 4.44. The smallest absolute Gasteiger partial charge is 0.122 e. The Morgan fingerprint density at radius 1 is 1.12 bits per heavy atom. The Bertz CT molecular complexity index is 451. The van der Waals surface area contributed by atoms with Crippen molar-refractivity contribution < 1.29 is 5.11 Å². The number of aliphatic hydroxyl groups excluding tert-OH is 1. The summed E-state index contributed by atoms with van der Waals surface area (Å²) in [5, 5.41) is 10.1. The van der Waals surface area contributed by atoms with E-state index in [1.165, 1.54) is 0 Å². The molecule has 0 saturated carbocycles. The standard InChI is InChI=1S/C13H14N2O/c1-9-3-4-15-12(6-9)13(16)11-5-10(2)7-14-8-11/h3-8,13,16H,1-2H3. The fourth-order valence-electron chi connectivity index (χ4n) is 1.61. The molecule has 0 aromatic carbocycles. The van der Waals surface area contributed by atoms with Crippen LogP contribution in [0.4, 0.5) is 0 Å². The Hall–Kier alpha value is -1.74. The summed E-state index contributed by atoms with van der Waals surface area (Å²) < 4.78 is 0. The predicted octanol–water partition coefficient (Wildman–Crippen LogP) is 2.18. The van der Waals surface area contributed by atoms with Crippen molar-refractivity contribution in [2.45, 2.75) is 20.0 Å². The number of aliphatic hydroxyl groups is 1. The number of aryl methyl sites for hydroxylation is 2. The minimum Gasteiger partial charge on any atom is -0.382 e. The van der Waals surface area contributed by atoms with Gasteiger partial charge in [0, 0.05) is 24.2 Å². The van der Waals surface area contributed by atoms with E-state index in [0.717, 1.165) is 16.7 Å². The second-order valence-corrected chi connectivity index (χ2v) is 3.96. The maximum Gasteiger partial charge on any atom is 0.122 e. The molecule has 2 aromatic heterocycles. The first-order valence-corrected chi connectivity index (χ1v) is 5.19. The van der Waals surface area contributed by atoms with Crippen LogP contribution in [0.1, 0.15) is 28.5 Å². The van der Waals surface area contributed by atoms with Gasteiger partial charge in [0.15, 0.2) is 0 Å². The Balaban J connectivity index is 2.35. The summed E-state index contributed by atoms with van der Waals surface area (Å²) in [7, 11) is 0. The van der Waals surface area contributed by atoms with Crippen LogP contribution in [-0.2, 0) is 0 Å². The third-order valence-corrected chi connectivity index (χ3v) is 2.43. The zero-order valence-corrected chi connectivity index (χ0v) is 9.38. The lowest BCUT2D eigenvalue weighted by atomic mass is 10.1. The highest BCUT2D eigenvalue weighted by atomic mass is 16.3. The Kier molecular flexibility index (Phi) is 2.97. The molecular weight excluding hydrogens is 200 g/mol. The zero-order valence-electron chi connectivity index (χ0n) is 9.38. The Morgan fingerprint density at radius 2 is 1.94 bits per heavy atom. The normalized spacial score (nSPS) is 12.4. The van der Waals surface area contributed by atoms with E-state index >= 15 is 0 Å².